The molecule has 0 bridgehead atoms. The summed E-state index contributed by atoms with van der Waals surface area (Å²) >= 11 is 6.30. The Morgan fingerprint density at radius 1 is 1.00 bits per heavy atom. The van der Waals surface area contributed by atoms with Crippen molar-refractivity contribution in [3.05, 3.63) is 46.2 Å². The maximum Gasteiger partial charge on any atom is 0.398 e. The molecule has 0 radical (unpaired) electrons. The minimum absolute atomic E-state index is 0.0534. The lowest BCUT2D eigenvalue weighted by atomic mass is 10.1. The van der Waals surface area contributed by atoms with Crippen molar-refractivity contribution in [2.24, 2.45) is 0 Å². The molecular weight excluding hydrogens is 459 g/mol. The van der Waals surface area contributed by atoms with Crippen LogP contribution in [0.25, 0.3) is 0 Å². The molecule has 0 aliphatic carbocycles. The highest BCUT2D eigenvalue weighted by Gasteiger charge is 2.30. The molecule has 0 spiro atoms. The van der Waals surface area contributed by atoms with Crippen molar-refractivity contribution in [3.8, 4) is 0 Å². The molecule has 0 N–H and O–H groups in total. The van der Waals surface area contributed by atoms with Crippen LogP contribution in [0.5, 0.6) is 0 Å². The number of pyridine rings is 1. The molecule has 0 unspecified atom stereocenters. The van der Waals surface area contributed by atoms with Gasteiger partial charge in [0.15, 0.2) is 0 Å². The lowest BCUT2D eigenvalue weighted by Gasteiger charge is -2.38. The third kappa shape index (κ3) is 4.88. The monoisotopic (exact) mass is 473 g/mol. The van der Waals surface area contributed by atoms with Crippen molar-refractivity contribution in [1.82, 2.24) is 4.98 Å². The van der Waals surface area contributed by atoms with Gasteiger partial charge < -0.3 is 9.80 Å². The normalized spacial score (nSPS) is 15.1. The molecule has 12 heteroatoms. The van der Waals surface area contributed by atoms with Gasteiger partial charge in [-0.25, -0.2) is 4.39 Å². The SMILES string of the molecule is Cc1cc(F)c(N2CCN(c3c(F)c(F)nc(F)c3Cl)CC2)cc1SCC(F)(F)F. The van der Waals surface area contributed by atoms with Gasteiger partial charge in [0.2, 0.25) is 11.8 Å². The van der Waals surface area contributed by atoms with Crippen LogP contribution in [0.1, 0.15) is 5.56 Å². The summed E-state index contributed by atoms with van der Waals surface area (Å²) in [6.45, 7) is 1.88. The first kappa shape index (κ1) is 22.8. The molecule has 3 nitrogen and oxygen atoms in total. The zero-order chi connectivity index (χ0) is 22.2. The zero-order valence-corrected chi connectivity index (χ0v) is 17.0. The Kier molecular flexibility index (Phi) is 6.61. The summed E-state index contributed by atoms with van der Waals surface area (Å²) in [6.07, 6.45) is -4.37. The maximum atomic E-state index is 14.5. The second kappa shape index (κ2) is 8.70. The molecular formula is C18H15ClF7N3S. The van der Waals surface area contributed by atoms with Gasteiger partial charge in [-0.15, -0.1) is 11.8 Å². The van der Waals surface area contributed by atoms with Gasteiger partial charge in [-0.1, -0.05) is 11.6 Å². The lowest BCUT2D eigenvalue weighted by Crippen LogP contribution is -2.47. The number of thioether (sulfide) groups is 1. The van der Waals surface area contributed by atoms with E-state index in [4.69, 9.17) is 11.6 Å². The number of hydrogen-bond donors (Lipinski definition) is 0. The minimum Gasteiger partial charge on any atom is -0.366 e. The number of alkyl halides is 3. The molecule has 30 heavy (non-hydrogen) atoms. The molecule has 164 valence electrons. The van der Waals surface area contributed by atoms with Crippen LogP contribution >= 0.6 is 23.4 Å². The van der Waals surface area contributed by atoms with Crippen molar-refractivity contribution in [2.45, 2.75) is 18.0 Å². The maximum absolute atomic E-state index is 14.5. The van der Waals surface area contributed by atoms with Gasteiger partial charge in [0.05, 0.1) is 11.4 Å². The predicted molar refractivity (Wildman–Crippen MR) is 101 cm³/mol. The number of hydrogen-bond acceptors (Lipinski definition) is 4. The number of rotatable bonds is 4. The average molecular weight is 474 g/mol. The number of nitrogens with zero attached hydrogens (tertiary/aromatic N) is 3. The molecule has 2 aromatic rings. The van der Waals surface area contributed by atoms with Crippen LogP contribution in [0.15, 0.2) is 17.0 Å². The summed E-state index contributed by atoms with van der Waals surface area (Å²) < 4.78 is 93.2. The Balaban J connectivity index is 1.79. The van der Waals surface area contributed by atoms with Crippen LogP contribution in [0.3, 0.4) is 0 Å². The third-order valence-corrected chi connectivity index (χ3v) is 6.10. The first-order valence-corrected chi connectivity index (χ1v) is 10.0. The summed E-state index contributed by atoms with van der Waals surface area (Å²) in [4.78, 5) is 5.92. The van der Waals surface area contributed by atoms with Gasteiger partial charge in [-0.05, 0) is 24.6 Å². The fraction of sp³-hybridized carbons (Fsp3) is 0.389. The number of halogens is 8. The standard InChI is InChI=1S/C18H15ClF7N3S/c1-9-6-10(20)11(7-12(9)30-8-18(24,25)26)28-2-4-29(5-3-28)15-13(19)16(22)27-17(23)14(15)21/h6-7H,2-5,8H2,1H3. The number of aromatic nitrogens is 1. The second-order valence-corrected chi connectivity index (χ2v) is 8.01. The first-order valence-electron chi connectivity index (χ1n) is 8.67. The Labute approximate surface area is 176 Å². The number of benzene rings is 1. The fourth-order valence-electron chi connectivity index (χ4n) is 3.12. The highest BCUT2D eigenvalue weighted by molar-refractivity contribution is 7.99. The molecule has 1 aromatic carbocycles. The van der Waals surface area contributed by atoms with E-state index in [-0.39, 0.29) is 31.9 Å². The molecule has 0 amide bonds. The number of piperazine rings is 1. The van der Waals surface area contributed by atoms with E-state index in [1.807, 2.05) is 0 Å². The topological polar surface area (TPSA) is 19.4 Å². The average Bonchev–Trinajstić information content (AvgIpc) is 2.66. The van der Waals surface area contributed by atoms with E-state index in [0.29, 0.717) is 22.2 Å². The summed E-state index contributed by atoms with van der Waals surface area (Å²) in [7, 11) is 0. The van der Waals surface area contributed by atoms with Crippen LogP contribution in [0, 0.1) is 30.5 Å². The minimum atomic E-state index is -4.37. The van der Waals surface area contributed by atoms with Crippen LogP contribution in [-0.4, -0.2) is 43.1 Å². The van der Waals surface area contributed by atoms with E-state index in [0.717, 1.165) is 6.07 Å². The van der Waals surface area contributed by atoms with Gasteiger partial charge >= 0.3 is 6.18 Å². The third-order valence-electron chi connectivity index (χ3n) is 4.55. The zero-order valence-electron chi connectivity index (χ0n) is 15.5. The van der Waals surface area contributed by atoms with E-state index >= 15 is 0 Å². The molecule has 1 saturated heterocycles. The summed E-state index contributed by atoms with van der Waals surface area (Å²) in [5.74, 6) is -6.07. The van der Waals surface area contributed by atoms with E-state index in [2.05, 4.69) is 4.98 Å². The van der Waals surface area contributed by atoms with Crippen LogP contribution in [-0.2, 0) is 0 Å². The van der Waals surface area contributed by atoms with E-state index < -0.39 is 46.2 Å². The molecule has 3 rings (SSSR count). The summed E-state index contributed by atoms with van der Waals surface area (Å²) in [5, 5.41) is -0.658. The van der Waals surface area contributed by atoms with Crippen molar-refractivity contribution in [3.63, 3.8) is 0 Å². The smallest absolute Gasteiger partial charge is 0.366 e. The van der Waals surface area contributed by atoms with Crippen LogP contribution < -0.4 is 9.80 Å². The predicted octanol–water partition coefficient (Wildman–Crippen LogP) is 5.58. The number of anilines is 2. The Hall–Kier alpha value is -1.88. The van der Waals surface area contributed by atoms with E-state index in [1.165, 1.54) is 17.9 Å². The van der Waals surface area contributed by atoms with Crippen molar-refractivity contribution < 1.29 is 30.7 Å². The fourth-order valence-corrected chi connectivity index (χ4v) is 4.17. The highest BCUT2D eigenvalue weighted by Crippen LogP contribution is 2.36. The van der Waals surface area contributed by atoms with E-state index in [1.54, 1.807) is 4.90 Å². The van der Waals surface area contributed by atoms with Gasteiger partial charge in [0.25, 0.3) is 5.95 Å². The van der Waals surface area contributed by atoms with E-state index in [9.17, 15) is 30.7 Å². The lowest BCUT2D eigenvalue weighted by molar-refractivity contribution is -0.105. The quantitative estimate of drug-likeness (QED) is 0.328. The van der Waals surface area contributed by atoms with Gasteiger partial charge in [0, 0.05) is 31.1 Å². The molecule has 1 aromatic heterocycles. The molecule has 1 aliphatic rings. The van der Waals surface area contributed by atoms with Gasteiger partial charge in [0.1, 0.15) is 16.5 Å². The summed E-state index contributed by atoms with van der Waals surface area (Å²) in [6, 6.07) is 2.50. The Morgan fingerprint density at radius 2 is 1.60 bits per heavy atom. The van der Waals surface area contributed by atoms with Gasteiger partial charge in [-0.3, -0.25) is 0 Å². The molecule has 1 aliphatic heterocycles. The van der Waals surface area contributed by atoms with Crippen molar-refractivity contribution in [1.29, 1.82) is 0 Å². The highest BCUT2D eigenvalue weighted by atomic mass is 35.5. The molecule has 2 heterocycles. The van der Waals surface area contributed by atoms with Crippen LogP contribution in [0.2, 0.25) is 5.02 Å². The Morgan fingerprint density at radius 3 is 2.20 bits per heavy atom. The van der Waals surface area contributed by atoms with Crippen LogP contribution in [0.4, 0.5) is 42.1 Å². The number of aryl methyl sites for hydroxylation is 1. The second-order valence-electron chi connectivity index (χ2n) is 6.62. The van der Waals surface area contributed by atoms with Crippen molar-refractivity contribution >= 4 is 34.7 Å². The Bertz CT molecular complexity index is 920. The molecule has 0 atom stereocenters. The van der Waals surface area contributed by atoms with Gasteiger partial charge in [-0.2, -0.15) is 31.3 Å². The molecule has 1 fully saturated rings. The first-order chi connectivity index (χ1) is 14.0. The van der Waals surface area contributed by atoms with Crippen molar-refractivity contribution in [2.75, 3.05) is 41.7 Å². The molecule has 0 saturated carbocycles. The summed E-state index contributed by atoms with van der Waals surface area (Å²) in [5.41, 5.74) is 0.0106. The largest absolute Gasteiger partial charge is 0.398 e.